The van der Waals surface area contributed by atoms with E-state index in [0.717, 1.165) is 5.56 Å². The number of rotatable bonds is 4. The summed E-state index contributed by atoms with van der Waals surface area (Å²) in [7, 11) is -0.498. The topological polar surface area (TPSA) is 73.1 Å². The summed E-state index contributed by atoms with van der Waals surface area (Å²) in [6.07, 6.45) is 0. The molecule has 0 saturated heterocycles. The van der Waals surface area contributed by atoms with Gasteiger partial charge in [0.1, 0.15) is 0 Å². The Balaban J connectivity index is 2.07. The van der Waals surface area contributed by atoms with Crippen LogP contribution in [0, 0.1) is 0 Å². The van der Waals surface area contributed by atoms with Gasteiger partial charge < -0.3 is 0 Å². The lowest BCUT2D eigenvalue weighted by Crippen LogP contribution is -2.27. The molecule has 0 amide bonds. The van der Waals surface area contributed by atoms with Crippen LogP contribution in [0.3, 0.4) is 0 Å². The number of fused-ring (bicyclic) bond motifs is 1. The van der Waals surface area contributed by atoms with Crippen molar-refractivity contribution >= 4 is 37.0 Å². The molecule has 3 aromatic rings. The number of nitrogens with zero attached hydrogens (tertiary/aromatic N) is 2. The molecular formula is C17H18BrN3O3S. The van der Waals surface area contributed by atoms with Crippen LogP contribution >= 0.6 is 15.9 Å². The van der Waals surface area contributed by atoms with Gasteiger partial charge in [0, 0.05) is 24.6 Å². The zero-order valence-corrected chi connectivity index (χ0v) is 16.4. The van der Waals surface area contributed by atoms with E-state index in [1.165, 1.54) is 15.2 Å². The fourth-order valence-corrected chi connectivity index (χ4v) is 5.09. The molecule has 0 unspecified atom stereocenters. The van der Waals surface area contributed by atoms with Crippen molar-refractivity contribution in [2.75, 3.05) is 0 Å². The number of nitrogens with one attached hydrogen (secondary N) is 1. The van der Waals surface area contributed by atoms with Crippen molar-refractivity contribution in [1.29, 1.82) is 0 Å². The average molecular weight is 424 g/mol. The highest BCUT2D eigenvalue weighted by atomic mass is 79.9. The number of aromatic nitrogens is 2. The summed E-state index contributed by atoms with van der Waals surface area (Å²) >= 11 is 3.32. The monoisotopic (exact) mass is 423 g/mol. The van der Waals surface area contributed by atoms with Gasteiger partial charge in [0.2, 0.25) is 10.0 Å². The first kappa shape index (κ1) is 17.9. The molecule has 25 heavy (non-hydrogen) atoms. The second-order valence-electron chi connectivity index (χ2n) is 5.93. The van der Waals surface area contributed by atoms with E-state index in [9.17, 15) is 13.2 Å². The van der Waals surface area contributed by atoms with Gasteiger partial charge in [-0.3, -0.25) is 9.13 Å². The Hall–Kier alpha value is -1.90. The fourth-order valence-electron chi connectivity index (χ4n) is 2.81. The van der Waals surface area contributed by atoms with Gasteiger partial charge in [-0.15, -0.1) is 0 Å². The molecule has 1 aromatic heterocycles. The molecule has 0 spiro atoms. The van der Waals surface area contributed by atoms with Crippen LogP contribution < -0.4 is 10.4 Å². The summed E-state index contributed by atoms with van der Waals surface area (Å²) in [5.41, 5.74) is 1.88. The number of hydrogen-bond acceptors (Lipinski definition) is 3. The van der Waals surface area contributed by atoms with Gasteiger partial charge in [-0.1, -0.05) is 30.3 Å². The summed E-state index contributed by atoms with van der Waals surface area (Å²) in [6.45, 7) is 1.79. The minimum atomic E-state index is -3.77. The lowest BCUT2D eigenvalue weighted by molar-refractivity contribution is 0.566. The Morgan fingerprint density at radius 1 is 1.04 bits per heavy atom. The van der Waals surface area contributed by atoms with Gasteiger partial charge in [0.05, 0.1) is 15.9 Å². The largest absolute Gasteiger partial charge is 0.328 e. The molecule has 0 aliphatic heterocycles. The molecular weight excluding hydrogens is 406 g/mol. The van der Waals surface area contributed by atoms with Crippen molar-refractivity contribution in [3.63, 3.8) is 0 Å². The van der Waals surface area contributed by atoms with Crippen molar-refractivity contribution in [2.24, 2.45) is 14.1 Å². The van der Waals surface area contributed by atoms with E-state index in [1.807, 2.05) is 30.3 Å². The Morgan fingerprint density at radius 3 is 2.20 bits per heavy atom. The standard InChI is InChI=1S/C17H18BrN3O3S/c1-11(12-7-5-4-6-8-12)19-25(23,24)16-10-15-14(9-13(16)18)20(2)17(22)21(15)3/h4-11,19H,1-3H3/t11-/m1/s1. The van der Waals surface area contributed by atoms with E-state index in [1.54, 1.807) is 27.1 Å². The second-order valence-corrected chi connectivity index (χ2v) is 8.46. The predicted molar refractivity (Wildman–Crippen MR) is 101 cm³/mol. The highest BCUT2D eigenvalue weighted by molar-refractivity contribution is 9.10. The molecule has 3 rings (SSSR count). The molecule has 0 radical (unpaired) electrons. The van der Waals surface area contributed by atoms with Crippen molar-refractivity contribution in [2.45, 2.75) is 17.9 Å². The fraction of sp³-hybridized carbons (Fsp3) is 0.235. The number of hydrogen-bond donors (Lipinski definition) is 1. The maximum atomic E-state index is 12.8. The van der Waals surface area contributed by atoms with Crippen LogP contribution in [0.1, 0.15) is 18.5 Å². The van der Waals surface area contributed by atoms with E-state index in [0.29, 0.717) is 15.5 Å². The highest BCUT2D eigenvalue weighted by Gasteiger charge is 2.23. The van der Waals surface area contributed by atoms with E-state index >= 15 is 0 Å². The van der Waals surface area contributed by atoms with Gasteiger partial charge in [-0.05, 0) is 40.5 Å². The molecule has 2 aromatic carbocycles. The third-order valence-corrected chi connectivity index (χ3v) is 6.75. The normalized spacial score (nSPS) is 13.3. The minimum Gasteiger partial charge on any atom is -0.295 e. The van der Waals surface area contributed by atoms with E-state index < -0.39 is 10.0 Å². The van der Waals surface area contributed by atoms with Crippen LogP contribution in [0.2, 0.25) is 0 Å². The first-order valence-electron chi connectivity index (χ1n) is 7.64. The van der Waals surface area contributed by atoms with Crippen LogP contribution in [-0.2, 0) is 24.1 Å². The van der Waals surface area contributed by atoms with Gasteiger partial charge in [-0.25, -0.2) is 17.9 Å². The summed E-state index contributed by atoms with van der Waals surface area (Å²) in [5, 5.41) is 0. The van der Waals surface area contributed by atoms with Gasteiger partial charge in [0.25, 0.3) is 0 Å². The quantitative estimate of drug-likeness (QED) is 0.700. The maximum absolute atomic E-state index is 12.8. The van der Waals surface area contributed by atoms with Gasteiger partial charge in [-0.2, -0.15) is 0 Å². The summed E-state index contributed by atoms with van der Waals surface area (Å²) < 4.78 is 31.7. The Labute approximate surface area is 154 Å². The first-order valence-corrected chi connectivity index (χ1v) is 9.92. The second kappa shape index (κ2) is 6.44. The Morgan fingerprint density at radius 2 is 1.60 bits per heavy atom. The van der Waals surface area contributed by atoms with Crippen molar-refractivity contribution in [3.05, 3.63) is 63.0 Å². The van der Waals surface area contributed by atoms with Crippen LogP contribution in [0.4, 0.5) is 0 Å². The van der Waals surface area contributed by atoms with E-state index in [-0.39, 0.29) is 16.6 Å². The van der Waals surface area contributed by atoms with Crippen molar-refractivity contribution < 1.29 is 8.42 Å². The Bertz CT molecular complexity index is 1100. The average Bonchev–Trinajstić information content (AvgIpc) is 2.78. The molecule has 6 nitrogen and oxygen atoms in total. The van der Waals surface area contributed by atoms with Gasteiger partial charge >= 0.3 is 5.69 Å². The summed E-state index contributed by atoms with van der Waals surface area (Å²) in [6, 6.07) is 12.1. The minimum absolute atomic E-state index is 0.101. The molecule has 132 valence electrons. The van der Waals surface area contributed by atoms with E-state index in [4.69, 9.17) is 0 Å². The zero-order chi connectivity index (χ0) is 18.4. The lowest BCUT2D eigenvalue weighted by Gasteiger charge is -2.15. The number of benzene rings is 2. The van der Waals surface area contributed by atoms with Crippen molar-refractivity contribution in [1.82, 2.24) is 13.9 Å². The number of halogens is 1. The smallest absolute Gasteiger partial charge is 0.295 e. The SMILES string of the molecule is C[C@@H](NS(=O)(=O)c1cc2c(cc1Br)n(C)c(=O)n2C)c1ccccc1. The highest BCUT2D eigenvalue weighted by Crippen LogP contribution is 2.28. The molecule has 0 saturated carbocycles. The molecule has 1 heterocycles. The molecule has 0 aliphatic carbocycles. The zero-order valence-electron chi connectivity index (χ0n) is 14.0. The van der Waals surface area contributed by atoms with Crippen LogP contribution in [0.15, 0.2) is 56.6 Å². The molecule has 0 fully saturated rings. The predicted octanol–water partition coefficient (Wildman–Crippen LogP) is 2.68. The molecule has 1 atom stereocenters. The molecule has 8 heteroatoms. The number of imidazole rings is 1. The van der Waals surface area contributed by atoms with Crippen molar-refractivity contribution in [3.8, 4) is 0 Å². The van der Waals surface area contributed by atoms with Crippen LogP contribution in [0.25, 0.3) is 11.0 Å². The van der Waals surface area contributed by atoms with Crippen LogP contribution in [0.5, 0.6) is 0 Å². The number of aryl methyl sites for hydroxylation is 2. The molecule has 0 aliphatic rings. The summed E-state index contributed by atoms with van der Waals surface area (Å²) in [5.74, 6) is 0. The third-order valence-electron chi connectivity index (χ3n) is 4.25. The molecule has 1 N–H and O–H groups in total. The molecule has 0 bridgehead atoms. The first-order chi connectivity index (χ1) is 11.7. The van der Waals surface area contributed by atoms with Gasteiger partial charge in [0.15, 0.2) is 0 Å². The van der Waals surface area contributed by atoms with E-state index in [2.05, 4.69) is 20.7 Å². The van der Waals surface area contributed by atoms with Crippen LogP contribution in [-0.4, -0.2) is 17.6 Å². The maximum Gasteiger partial charge on any atom is 0.328 e. The number of sulfonamides is 1. The summed E-state index contributed by atoms with van der Waals surface area (Å²) in [4.78, 5) is 12.2. The lowest BCUT2D eigenvalue weighted by atomic mass is 10.1. The Kier molecular flexibility index (Phi) is 4.61. The third kappa shape index (κ3) is 3.17.